The van der Waals surface area contributed by atoms with Crippen molar-refractivity contribution >= 4 is 35.6 Å². The van der Waals surface area contributed by atoms with Gasteiger partial charge in [0.2, 0.25) is 0 Å². The van der Waals surface area contributed by atoms with Crippen LogP contribution in [0.2, 0.25) is 5.02 Å². The molecule has 0 saturated carbocycles. The summed E-state index contributed by atoms with van der Waals surface area (Å²) < 4.78 is 10.9. The Morgan fingerprint density at radius 1 is 0.943 bits per heavy atom. The Bertz CT molecular complexity index is 1190. The first-order valence-corrected chi connectivity index (χ1v) is 11.2. The number of rotatable bonds is 10. The van der Waals surface area contributed by atoms with Gasteiger partial charge in [-0.3, -0.25) is 9.59 Å². The number of amides is 2. The third-order valence-electron chi connectivity index (χ3n) is 4.55. The van der Waals surface area contributed by atoms with E-state index in [9.17, 15) is 14.4 Å². The molecule has 2 amide bonds. The maximum Gasteiger partial charge on any atom is 0.343 e. The van der Waals surface area contributed by atoms with Crippen LogP contribution < -0.4 is 20.2 Å². The molecule has 3 aromatic carbocycles. The number of hydrogen-bond acceptors (Lipinski definition) is 6. The molecule has 2 N–H and O–H groups in total. The Morgan fingerprint density at radius 3 is 2.34 bits per heavy atom. The second-order valence-corrected chi connectivity index (χ2v) is 7.75. The SMILES string of the molecule is CCCOc1ccc(C(=O)Oc2ccc(C=NNC(=O)CNC(=O)c3cccc(Cl)c3)cc2)cc1. The molecule has 0 unspecified atom stereocenters. The summed E-state index contributed by atoms with van der Waals surface area (Å²) in [4.78, 5) is 36.2. The van der Waals surface area contributed by atoms with Gasteiger partial charge in [-0.25, -0.2) is 10.2 Å². The second-order valence-electron chi connectivity index (χ2n) is 7.32. The number of halogens is 1. The first-order valence-electron chi connectivity index (χ1n) is 10.9. The van der Waals surface area contributed by atoms with Crippen LogP contribution in [0.25, 0.3) is 0 Å². The average Bonchev–Trinajstić information content (AvgIpc) is 2.87. The number of carbonyl (C=O) groups is 3. The summed E-state index contributed by atoms with van der Waals surface area (Å²) in [5.74, 6) is -0.333. The highest BCUT2D eigenvalue weighted by Crippen LogP contribution is 2.16. The molecule has 9 heteroatoms. The summed E-state index contributed by atoms with van der Waals surface area (Å²) in [5, 5.41) is 6.77. The molecule has 3 rings (SSSR count). The van der Waals surface area contributed by atoms with E-state index in [2.05, 4.69) is 15.8 Å². The van der Waals surface area contributed by atoms with Gasteiger partial charge in [-0.1, -0.05) is 24.6 Å². The minimum absolute atomic E-state index is 0.247. The molecule has 8 nitrogen and oxygen atoms in total. The molecule has 0 bridgehead atoms. The van der Waals surface area contributed by atoms with Gasteiger partial charge in [0, 0.05) is 10.6 Å². The molecule has 35 heavy (non-hydrogen) atoms. The van der Waals surface area contributed by atoms with Gasteiger partial charge in [-0.2, -0.15) is 5.10 Å². The zero-order chi connectivity index (χ0) is 25.0. The lowest BCUT2D eigenvalue weighted by molar-refractivity contribution is -0.120. The Balaban J connectivity index is 1.43. The van der Waals surface area contributed by atoms with Crippen LogP contribution in [0.15, 0.2) is 77.9 Å². The van der Waals surface area contributed by atoms with Crippen LogP contribution in [0.1, 0.15) is 39.6 Å². The van der Waals surface area contributed by atoms with Gasteiger partial charge in [-0.15, -0.1) is 0 Å². The summed E-state index contributed by atoms with van der Waals surface area (Å²) in [6.45, 7) is 2.39. The number of hydrogen-bond donors (Lipinski definition) is 2. The van der Waals surface area contributed by atoms with Crippen molar-refractivity contribution in [1.82, 2.24) is 10.7 Å². The lowest BCUT2D eigenvalue weighted by Crippen LogP contribution is -2.34. The quantitative estimate of drug-likeness (QED) is 0.190. The molecule has 0 aromatic heterocycles. The summed E-state index contributed by atoms with van der Waals surface area (Å²) >= 11 is 5.85. The number of nitrogens with zero attached hydrogens (tertiary/aromatic N) is 1. The highest BCUT2D eigenvalue weighted by molar-refractivity contribution is 6.31. The monoisotopic (exact) mass is 493 g/mol. The molecule has 3 aromatic rings. The van der Waals surface area contributed by atoms with E-state index in [-0.39, 0.29) is 6.54 Å². The lowest BCUT2D eigenvalue weighted by atomic mass is 10.2. The average molecular weight is 494 g/mol. The number of esters is 1. The maximum atomic E-state index is 12.3. The van der Waals surface area contributed by atoms with Crippen molar-refractivity contribution in [3.63, 3.8) is 0 Å². The van der Waals surface area contributed by atoms with Crippen molar-refractivity contribution in [2.75, 3.05) is 13.2 Å². The molecule has 0 atom stereocenters. The van der Waals surface area contributed by atoms with Crippen molar-refractivity contribution in [3.05, 3.63) is 94.5 Å². The smallest absolute Gasteiger partial charge is 0.343 e. The predicted octanol–water partition coefficient (Wildman–Crippen LogP) is 4.23. The molecule has 0 fully saturated rings. The standard InChI is InChI=1S/C26H24ClN3O5/c1-2-14-34-22-12-8-19(9-13-22)26(33)35-23-10-6-18(7-11-23)16-29-30-24(31)17-28-25(32)20-4-3-5-21(27)15-20/h3-13,15-16H,2,14,17H2,1H3,(H,28,32)(H,30,31). The molecule has 0 saturated heterocycles. The Kier molecular flexibility index (Phi) is 9.39. The van der Waals surface area contributed by atoms with Crippen LogP contribution in [-0.2, 0) is 4.79 Å². The number of hydrazone groups is 1. The maximum absolute atomic E-state index is 12.3. The largest absolute Gasteiger partial charge is 0.494 e. The van der Waals surface area contributed by atoms with E-state index in [0.717, 1.165) is 6.42 Å². The molecule has 0 aliphatic heterocycles. The zero-order valence-corrected chi connectivity index (χ0v) is 19.7. The van der Waals surface area contributed by atoms with E-state index in [1.54, 1.807) is 66.7 Å². The van der Waals surface area contributed by atoms with E-state index >= 15 is 0 Å². The predicted molar refractivity (Wildman–Crippen MR) is 133 cm³/mol. The van der Waals surface area contributed by atoms with E-state index < -0.39 is 17.8 Å². The zero-order valence-electron chi connectivity index (χ0n) is 19.0. The summed E-state index contributed by atoms with van der Waals surface area (Å²) in [6.07, 6.45) is 2.33. The first-order chi connectivity index (χ1) is 16.9. The molecule has 180 valence electrons. The van der Waals surface area contributed by atoms with E-state index in [1.165, 1.54) is 12.3 Å². The third kappa shape index (κ3) is 8.28. The van der Waals surface area contributed by atoms with Gasteiger partial charge in [0.05, 0.1) is 24.9 Å². The minimum atomic E-state index is -0.492. The van der Waals surface area contributed by atoms with Gasteiger partial charge in [0.1, 0.15) is 11.5 Å². The van der Waals surface area contributed by atoms with Crippen LogP contribution in [0, 0.1) is 0 Å². The lowest BCUT2D eigenvalue weighted by Gasteiger charge is -2.07. The van der Waals surface area contributed by atoms with Crippen LogP contribution in [-0.4, -0.2) is 37.1 Å². The molecule has 0 aliphatic rings. The Hall–Kier alpha value is -4.17. The fraction of sp³-hybridized carbons (Fsp3) is 0.154. The summed E-state index contributed by atoms with van der Waals surface area (Å²) in [7, 11) is 0. The van der Waals surface area contributed by atoms with Crippen LogP contribution in [0.5, 0.6) is 11.5 Å². The highest BCUT2D eigenvalue weighted by atomic mass is 35.5. The van der Waals surface area contributed by atoms with Crippen molar-refractivity contribution in [1.29, 1.82) is 0 Å². The van der Waals surface area contributed by atoms with Gasteiger partial charge in [0.15, 0.2) is 0 Å². The number of nitrogens with one attached hydrogen (secondary N) is 2. The minimum Gasteiger partial charge on any atom is -0.494 e. The second kappa shape index (κ2) is 12.9. The fourth-order valence-electron chi connectivity index (χ4n) is 2.81. The van der Waals surface area contributed by atoms with Crippen LogP contribution in [0.3, 0.4) is 0 Å². The Labute approximate surface area is 207 Å². The van der Waals surface area contributed by atoms with Gasteiger partial charge >= 0.3 is 5.97 Å². The summed E-state index contributed by atoms with van der Waals surface area (Å²) in [6, 6.07) is 19.7. The molecular formula is C26H24ClN3O5. The molecule has 0 aliphatic carbocycles. The molecular weight excluding hydrogens is 470 g/mol. The van der Waals surface area contributed by atoms with Crippen molar-refractivity contribution < 1.29 is 23.9 Å². The topological polar surface area (TPSA) is 106 Å². The molecule has 0 radical (unpaired) electrons. The Morgan fingerprint density at radius 2 is 1.66 bits per heavy atom. The summed E-state index contributed by atoms with van der Waals surface area (Å²) in [5.41, 5.74) is 3.76. The van der Waals surface area contributed by atoms with Crippen molar-refractivity contribution in [3.8, 4) is 11.5 Å². The van der Waals surface area contributed by atoms with Crippen molar-refractivity contribution in [2.24, 2.45) is 5.10 Å². The normalized spacial score (nSPS) is 10.6. The van der Waals surface area contributed by atoms with Gasteiger partial charge < -0.3 is 14.8 Å². The van der Waals surface area contributed by atoms with Gasteiger partial charge in [0.25, 0.3) is 11.8 Å². The fourth-order valence-corrected chi connectivity index (χ4v) is 3.00. The van der Waals surface area contributed by atoms with E-state index in [0.29, 0.717) is 39.8 Å². The highest BCUT2D eigenvalue weighted by Gasteiger charge is 2.09. The number of benzene rings is 3. The number of carbonyl (C=O) groups excluding carboxylic acids is 3. The van der Waals surface area contributed by atoms with Crippen molar-refractivity contribution in [2.45, 2.75) is 13.3 Å². The molecule has 0 heterocycles. The van der Waals surface area contributed by atoms with Crippen LogP contribution >= 0.6 is 11.6 Å². The van der Waals surface area contributed by atoms with Crippen LogP contribution in [0.4, 0.5) is 0 Å². The third-order valence-corrected chi connectivity index (χ3v) is 4.79. The van der Waals surface area contributed by atoms with Gasteiger partial charge in [-0.05, 0) is 78.7 Å². The van der Waals surface area contributed by atoms with E-state index in [4.69, 9.17) is 21.1 Å². The van der Waals surface area contributed by atoms with E-state index in [1.807, 2.05) is 6.92 Å². The first kappa shape index (κ1) is 25.5. The molecule has 0 spiro atoms. The number of ether oxygens (including phenoxy) is 2.